The maximum absolute atomic E-state index is 12.1. The van der Waals surface area contributed by atoms with E-state index in [0.29, 0.717) is 11.4 Å². The minimum Gasteiger partial charge on any atom is -0.461 e. The maximum Gasteiger partial charge on any atom is 0.263 e. The van der Waals surface area contributed by atoms with E-state index in [0.717, 1.165) is 11.1 Å². The number of nitrogen functional groups attached to an aromatic ring is 1. The Balaban J connectivity index is 1.96. The van der Waals surface area contributed by atoms with Gasteiger partial charge in [-0.1, -0.05) is 6.07 Å². The molecule has 1 aromatic carbocycles. The molecule has 3 rings (SSSR count). The van der Waals surface area contributed by atoms with E-state index in [1.54, 1.807) is 24.3 Å². The number of ketones is 1. The number of furan rings is 2. The molecule has 0 amide bonds. The van der Waals surface area contributed by atoms with Gasteiger partial charge in [0, 0.05) is 11.3 Å². The average Bonchev–Trinajstić information content (AvgIpc) is 3.09. The van der Waals surface area contributed by atoms with Crippen molar-refractivity contribution in [2.24, 2.45) is 0 Å². The summed E-state index contributed by atoms with van der Waals surface area (Å²) in [6.07, 6.45) is 1.45. The van der Waals surface area contributed by atoms with E-state index in [1.165, 1.54) is 6.26 Å². The van der Waals surface area contributed by atoms with Crippen molar-refractivity contribution in [2.75, 3.05) is 5.73 Å². The zero-order valence-corrected chi connectivity index (χ0v) is 10.9. The lowest BCUT2D eigenvalue weighted by molar-refractivity contribution is 0.0984. The highest BCUT2D eigenvalue weighted by atomic mass is 16.4. The van der Waals surface area contributed by atoms with Gasteiger partial charge in [0.2, 0.25) is 0 Å². The Labute approximate surface area is 115 Å². The van der Waals surface area contributed by atoms with Gasteiger partial charge in [-0.05, 0) is 48.9 Å². The van der Waals surface area contributed by atoms with Gasteiger partial charge in [0.1, 0.15) is 5.76 Å². The van der Waals surface area contributed by atoms with E-state index in [-0.39, 0.29) is 17.3 Å². The zero-order valence-electron chi connectivity index (χ0n) is 10.9. The number of benzene rings is 1. The van der Waals surface area contributed by atoms with Gasteiger partial charge in [0.15, 0.2) is 11.5 Å². The fraction of sp³-hybridized carbons (Fsp3) is 0.0625. The number of rotatable bonds is 3. The molecule has 0 aliphatic carbocycles. The minimum atomic E-state index is -0.285. The molecular weight excluding hydrogens is 254 g/mol. The zero-order chi connectivity index (χ0) is 14.1. The van der Waals surface area contributed by atoms with Crippen LogP contribution in [0.25, 0.3) is 11.3 Å². The second kappa shape index (κ2) is 4.74. The molecule has 3 aromatic rings. The molecule has 4 heteroatoms. The average molecular weight is 267 g/mol. The van der Waals surface area contributed by atoms with Crippen molar-refractivity contribution in [2.45, 2.75) is 6.92 Å². The molecule has 0 bridgehead atoms. The number of aryl methyl sites for hydroxylation is 1. The second-order valence-electron chi connectivity index (χ2n) is 4.56. The van der Waals surface area contributed by atoms with Crippen LogP contribution in [0.15, 0.2) is 57.6 Å². The van der Waals surface area contributed by atoms with E-state index in [2.05, 4.69) is 0 Å². The third-order valence-corrected chi connectivity index (χ3v) is 3.05. The molecule has 4 nitrogen and oxygen atoms in total. The Kier molecular flexibility index (Phi) is 2.91. The predicted octanol–water partition coefficient (Wildman–Crippen LogP) is 3.66. The molecule has 0 aliphatic rings. The normalized spacial score (nSPS) is 10.7. The van der Waals surface area contributed by atoms with E-state index in [1.807, 2.05) is 25.1 Å². The van der Waals surface area contributed by atoms with Crippen LogP contribution in [0.4, 0.5) is 5.69 Å². The van der Waals surface area contributed by atoms with Crippen LogP contribution in [0.1, 0.15) is 21.9 Å². The minimum absolute atomic E-state index is 0.231. The number of hydrogen-bond donors (Lipinski definition) is 1. The van der Waals surface area contributed by atoms with Gasteiger partial charge < -0.3 is 14.6 Å². The number of carbonyl (C=O) groups is 1. The van der Waals surface area contributed by atoms with Crippen molar-refractivity contribution >= 4 is 11.5 Å². The third-order valence-electron chi connectivity index (χ3n) is 3.05. The fourth-order valence-electron chi connectivity index (χ4n) is 2.04. The molecule has 20 heavy (non-hydrogen) atoms. The SMILES string of the molecule is Cc1ccc(-c2ccc(C(=O)c3ccco3)o2)c(N)c1. The van der Waals surface area contributed by atoms with Crippen LogP contribution in [0, 0.1) is 6.92 Å². The predicted molar refractivity (Wildman–Crippen MR) is 75.4 cm³/mol. The van der Waals surface area contributed by atoms with Crippen LogP contribution >= 0.6 is 0 Å². The Morgan fingerprint density at radius 3 is 2.65 bits per heavy atom. The molecular formula is C16H13NO3. The van der Waals surface area contributed by atoms with Gasteiger partial charge in [0.05, 0.1) is 6.26 Å². The van der Waals surface area contributed by atoms with E-state index in [4.69, 9.17) is 14.6 Å². The first-order valence-corrected chi connectivity index (χ1v) is 6.19. The summed E-state index contributed by atoms with van der Waals surface area (Å²) in [5.41, 5.74) is 8.44. The summed E-state index contributed by atoms with van der Waals surface area (Å²) in [7, 11) is 0. The maximum atomic E-state index is 12.1. The summed E-state index contributed by atoms with van der Waals surface area (Å²) >= 11 is 0. The molecule has 0 spiro atoms. The Morgan fingerprint density at radius 2 is 1.95 bits per heavy atom. The van der Waals surface area contributed by atoms with E-state index in [9.17, 15) is 4.79 Å². The fourth-order valence-corrected chi connectivity index (χ4v) is 2.04. The smallest absolute Gasteiger partial charge is 0.263 e. The number of hydrogen-bond acceptors (Lipinski definition) is 4. The topological polar surface area (TPSA) is 69.4 Å². The van der Waals surface area contributed by atoms with Gasteiger partial charge in [-0.25, -0.2) is 0 Å². The molecule has 0 atom stereocenters. The summed E-state index contributed by atoms with van der Waals surface area (Å²) in [5, 5.41) is 0. The highest BCUT2D eigenvalue weighted by Gasteiger charge is 2.17. The summed E-state index contributed by atoms with van der Waals surface area (Å²) < 4.78 is 10.7. The summed E-state index contributed by atoms with van der Waals surface area (Å²) in [4.78, 5) is 12.1. The first kappa shape index (κ1) is 12.3. The number of anilines is 1. The van der Waals surface area contributed by atoms with Crippen LogP contribution in [0.5, 0.6) is 0 Å². The molecule has 2 N–H and O–H groups in total. The highest BCUT2D eigenvalue weighted by Crippen LogP contribution is 2.29. The lowest BCUT2D eigenvalue weighted by Gasteiger charge is -2.03. The molecule has 2 aromatic heterocycles. The van der Waals surface area contributed by atoms with Crippen LogP contribution in [-0.2, 0) is 0 Å². The van der Waals surface area contributed by atoms with Crippen molar-refractivity contribution in [3.63, 3.8) is 0 Å². The van der Waals surface area contributed by atoms with Crippen LogP contribution in [-0.4, -0.2) is 5.78 Å². The third kappa shape index (κ3) is 2.12. The summed E-state index contributed by atoms with van der Waals surface area (Å²) in [6.45, 7) is 1.97. The molecule has 0 radical (unpaired) electrons. The van der Waals surface area contributed by atoms with Gasteiger partial charge >= 0.3 is 0 Å². The van der Waals surface area contributed by atoms with Crippen molar-refractivity contribution in [3.05, 3.63) is 65.8 Å². The second-order valence-corrected chi connectivity index (χ2v) is 4.56. The van der Waals surface area contributed by atoms with Crippen LogP contribution in [0.3, 0.4) is 0 Å². The highest BCUT2D eigenvalue weighted by molar-refractivity contribution is 6.05. The van der Waals surface area contributed by atoms with E-state index < -0.39 is 0 Å². The van der Waals surface area contributed by atoms with Crippen molar-refractivity contribution in [3.8, 4) is 11.3 Å². The van der Waals surface area contributed by atoms with Crippen molar-refractivity contribution < 1.29 is 13.6 Å². The van der Waals surface area contributed by atoms with Gasteiger partial charge in [0.25, 0.3) is 5.78 Å². The van der Waals surface area contributed by atoms with Gasteiger partial charge in [-0.15, -0.1) is 0 Å². The first-order valence-electron chi connectivity index (χ1n) is 6.19. The van der Waals surface area contributed by atoms with Gasteiger partial charge in [-0.3, -0.25) is 4.79 Å². The van der Waals surface area contributed by atoms with Crippen LogP contribution < -0.4 is 5.73 Å². The van der Waals surface area contributed by atoms with Crippen molar-refractivity contribution in [1.82, 2.24) is 0 Å². The van der Waals surface area contributed by atoms with Crippen molar-refractivity contribution in [1.29, 1.82) is 0 Å². The summed E-state index contributed by atoms with van der Waals surface area (Å²) in [5.74, 6) is 0.766. The van der Waals surface area contributed by atoms with E-state index >= 15 is 0 Å². The quantitative estimate of drug-likeness (QED) is 0.580. The molecule has 0 unspecified atom stereocenters. The lowest BCUT2D eigenvalue weighted by Crippen LogP contribution is -1.96. The molecule has 0 fully saturated rings. The van der Waals surface area contributed by atoms with Gasteiger partial charge in [-0.2, -0.15) is 0 Å². The molecule has 0 saturated heterocycles. The molecule has 0 aliphatic heterocycles. The Bertz CT molecular complexity index is 754. The largest absolute Gasteiger partial charge is 0.461 e. The lowest BCUT2D eigenvalue weighted by atomic mass is 10.1. The molecule has 2 heterocycles. The number of carbonyl (C=O) groups excluding carboxylic acids is 1. The molecule has 100 valence electrons. The summed E-state index contributed by atoms with van der Waals surface area (Å²) in [6, 6.07) is 12.3. The van der Waals surface area contributed by atoms with Crippen LogP contribution in [0.2, 0.25) is 0 Å². The standard InChI is InChI=1S/C16H13NO3/c1-10-4-5-11(12(17)9-10)13-6-7-15(20-13)16(18)14-3-2-8-19-14/h2-9H,17H2,1H3. The number of nitrogens with two attached hydrogens (primary N) is 1. The Morgan fingerprint density at radius 1 is 1.10 bits per heavy atom. The first-order chi connectivity index (χ1) is 9.65. The molecule has 0 saturated carbocycles. The monoisotopic (exact) mass is 267 g/mol. The Hall–Kier alpha value is -2.75.